The fourth-order valence-electron chi connectivity index (χ4n) is 3.00. The van der Waals surface area contributed by atoms with Crippen LogP contribution in [0.2, 0.25) is 0 Å². The molecule has 0 amide bonds. The molecule has 142 valence electrons. The van der Waals surface area contributed by atoms with E-state index in [4.69, 9.17) is 9.47 Å². The third kappa shape index (κ3) is 4.71. The Kier molecular flexibility index (Phi) is 5.68. The van der Waals surface area contributed by atoms with Gasteiger partial charge in [0, 0.05) is 0 Å². The van der Waals surface area contributed by atoms with Crippen molar-refractivity contribution >= 4 is 5.97 Å². The van der Waals surface area contributed by atoms with Gasteiger partial charge in [-0.15, -0.1) is 0 Å². The first-order valence-electron chi connectivity index (χ1n) is 9.43. The molecule has 0 N–H and O–H groups in total. The lowest BCUT2D eigenvalue weighted by Gasteiger charge is -2.13. The van der Waals surface area contributed by atoms with Crippen molar-refractivity contribution in [3.05, 3.63) is 120 Å². The number of benzene rings is 4. The van der Waals surface area contributed by atoms with Crippen molar-refractivity contribution in [1.29, 1.82) is 0 Å². The Labute approximate surface area is 170 Å². The second-order valence-electron chi connectivity index (χ2n) is 6.55. The standard InChI is InChI=1S/C26H20O3/c27-26(28-19-20-10-4-1-5-11-20)24-17-16-22(21-12-6-2-7-13-21)18-25(24)29-23-14-8-3-9-15-23/h1-18H,19H2. The molecule has 0 spiro atoms. The molecule has 0 saturated carbocycles. The molecule has 0 heterocycles. The first kappa shape index (κ1) is 18.5. The Morgan fingerprint density at radius 3 is 1.97 bits per heavy atom. The van der Waals surface area contributed by atoms with E-state index < -0.39 is 5.97 Å². The molecule has 4 aromatic carbocycles. The minimum absolute atomic E-state index is 0.213. The van der Waals surface area contributed by atoms with E-state index in [-0.39, 0.29) is 6.61 Å². The summed E-state index contributed by atoms with van der Waals surface area (Å²) >= 11 is 0. The summed E-state index contributed by atoms with van der Waals surface area (Å²) in [6.07, 6.45) is 0. The molecule has 3 nitrogen and oxygen atoms in total. The first-order chi connectivity index (χ1) is 14.3. The molecule has 0 aliphatic rings. The molecule has 0 aromatic heterocycles. The van der Waals surface area contributed by atoms with E-state index in [0.29, 0.717) is 17.1 Å². The number of esters is 1. The van der Waals surface area contributed by atoms with Crippen LogP contribution in [0.15, 0.2) is 109 Å². The van der Waals surface area contributed by atoms with Crippen LogP contribution in [0.3, 0.4) is 0 Å². The Balaban J connectivity index is 1.63. The molecule has 3 heteroatoms. The van der Waals surface area contributed by atoms with Crippen molar-refractivity contribution in [1.82, 2.24) is 0 Å². The summed E-state index contributed by atoms with van der Waals surface area (Å²) in [5.74, 6) is 0.713. The lowest BCUT2D eigenvalue weighted by molar-refractivity contribution is 0.0470. The van der Waals surface area contributed by atoms with Gasteiger partial charge >= 0.3 is 5.97 Å². The molecule has 0 aliphatic carbocycles. The Morgan fingerprint density at radius 2 is 1.28 bits per heavy atom. The fourth-order valence-corrected chi connectivity index (χ4v) is 3.00. The highest BCUT2D eigenvalue weighted by molar-refractivity contribution is 5.93. The van der Waals surface area contributed by atoms with Crippen molar-refractivity contribution < 1.29 is 14.3 Å². The SMILES string of the molecule is O=C(OCc1ccccc1)c1ccc(-c2ccccc2)cc1Oc1ccccc1. The summed E-state index contributed by atoms with van der Waals surface area (Å²) < 4.78 is 11.6. The zero-order chi connectivity index (χ0) is 19.9. The van der Waals surface area contributed by atoms with Gasteiger partial charge in [-0.2, -0.15) is 0 Å². The van der Waals surface area contributed by atoms with Crippen molar-refractivity contribution in [2.45, 2.75) is 6.61 Å². The maximum Gasteiger partial charge on any atom is 0.342 e. The summed E-state index contributed by atoms with van der Waals surface area (Å²) in [7, 11) is 0. The number of rotatable bonds is 6. The number of carbonyl (C=O) groups excluding carboxylic acids is 1. The van der Waals surface area contributed by atoms with E-state index in [1.54, 1.807) is 6.07 Å². The lowest BCUT2D eigenvalue weighted by atomic mass is 10.0. The molecule has 29 heavy (non-hydrogen) atoms. The maximum absolute atomic E-state index is 12.8. The average Bonchev–Trinajstić information content (AvgIpc) is 2.79. The molecular formula is C26H20O3. The molecule has 0 unspecified atom stereocenters. The van der Waals surface area contributed by atoms with Crippen molar-refractivity contribution in [2.24, 2.45) is 0 Å². The van der Waals surface area contributed by atoms with Crippen LogP contribution in [0, 0.1) is 0 Å². The van der Waals surface area contributed by atoms with Crippen molar-refractivity contribution in [3.63, 3.8) is 0 Å². The van der Waals surface area contributed by atoms with Crippen LogP contribution in [0.4, 0.5) is 0 Å². The van der Waals surface area contributed by atoms with Gasteiger partial charge in [0.15, 0.2) is 0 Å². The zero-order valence-corrected chi connectivity index (χ0v) is 15.8. The molecule has 0 radical (unpaired) electrons. The van der Waals surface area contributed by atoms with Gasteiger partial charge in [0.1, 0.15) is 23.7 Å². The largest absolute Gasteiger partial charge is 0.457 e. The summed E-state index contributed by atoms with van der Waals surface area (Å²) in [5, 5.41) is 0. The average molecular weight is 380 g/mol. The highest BCUT2D eigenvalue weighted by atomic mass is 16.5. The minimum atomic E-state index is -0.417. The van der Waals surface area contributed by atoms with Gasteiger partial charge in [0.25, 0.3) is 0 Å². The number of hydrogen-bond donors (Lipinski definition) is 0. The van der Waals surface area contributed by atoms with Crippen LogP contribution in [0.25, 0.3) is 11.1 Å². The third-order valence-electron chi connectivity index (χ3n) is 4.49. The van der Waals surface area contributed by atoms with Gasteiger partial charge in [0.05, 0.1) is 0 Å². The van der Waals surface area contributed by atoms with Gasteiger partial charge in [-0.05, 0) is 41.0 Å². The van der Waals surface area contributed by atoms with Gasteiger partial charge in [-0.3, -0.25) is 0 Å². The van der Waals surface area contributed by atoms with E-state index in [1.165, 1.54) is 0 Å². The summed E-state index contributed by atoms with van der Waals surface area (Å²) in [6, 6.07) is 34.6. The van der Waals surface area contributed by atoms with Crippen LogP contribution in [0.5, 0.6) is 11.5 Å². The molecule has 0 fully saturated rings. The van der Waals surface area contributed by atoms with Gasteiger partial charge in [0.2, 0.25) is 0 Å². The molecule has 0 aliphatic heterocycles. The van der Waals surface area contributed by atoms with Gasteiger partial charge < -0.3 is 9.47 Å². The van der Waals surface area contributed by atoms with E-state index in [9.17, 15) is 4.79 Å². The summed E-state index contributed by atoms with van der Waals surface area (Å²) in [5.41, 5.74) is 3.35. The Bertz CT molecular complexity index is 1070. The molecule has 0 bridgehead atoms. The highest BCUT2D eigenvalue weighted by Crippen LogP contribution is 2.31. The topological polar surface area (TPSA) is 35.5 Å². The van der Waals surface area contributed by atoms with Crippen LogP contribution in [0.1, 0.15) is 15.9 Å². The number of hydrogen-bond acceptors (Lipinski definition) is 3. The predicted octanol–water partition coefficient (Wildman–Crippen LogP) is 6.50. The van der Waals surface area contributed by atoms with Crippen LogP contribution < -0.4 is 4.74 Å². The normalized spacial score (nSPS) is 10.3. The van der Waals surface area contributed by atoms with Crippen molar-refractivity contribution in [2.75, 3.05) is 0 Å². The van der Waals surface area contributed by atoms with Crippen LogP contribution in [-0.4, -0.2) is 5.97 Å². The maximum atomic E-state index is 12.8. The smallest absolute Gasteiger partial charge is 0.342 e. The molecular weight excluding hydrogens is 360 g/mol. The van der Waals surface area contributed by atoms with Gasteiger partial charge in [-0.25, -0.2) is 4.79 Å². The van der Waals surface area contributed by atoms with Crippen molar-refractivity contribution in [3.8, 4) is 22.6 Å². The van der Waals surface area contributed by atoms with E-state index in [2.05, 4.69) is 0 Å². The Morgan fingerprint density at radius 1 is 0.655 bits per heavy atom. The third-order valence-corrected chi connectivity index (χ3v) is 4.49. The molecule has 4 rings (SSSR count). The van der Waals surface area contributed by atoms with E-state index in [0.717, 1.165) is 16.7 Å². The fraction of sp³-hybridized carbons (Fsp3) is 0.0385. The zero-order valence-electron chi connectivity index (χ0n) is 15.8. The summed E-state index contributed by atoms with van der Waals surface area (Å²) in [4.78, 5) is 12.8. The quantitative estimate of drug-likeness (QED) is 0.358. The predicted molar refractivity (Wildman–Crippen MR) is 114 cm³/mol. The molecule has 4 aromatic rings. The number of para-hydroxylation sites is 1. The van der Waals surface area contributed by atoms with E-state index >= 15 is 0 Å². The van der Waals surface area contributed by atoms with Gasteiger partial charge in [-0.1, -0.05) is 84.9 Å². The second-order valence-corrected chi connectivity index (χ2v) is 6.55. The number of ether oxygens (including phenoxy) is 2. The summed E-state index contributed by atoms with van der Waals surface area (Å²) in [6.45, 7) is 0.213. The lowest BCUT2D eigenvalue weighted by Crippen LogP contribution is -2.07. The molecule has 0 saturated heterocycles. The second kappa shape index (κ2) is 8.89. The monoisotopic (exact) mass is 380 g/mol. The highest BCUT2D eigenvalue weighted by Gasteiger charge is 2.16. The van der Waals surface area contributed by atoms with Crippen LogP contribution >= 0.6 is 0 Å². The minimum Gasteiger partial charge on any atom is -0.457 e. The van der Waals surface area contributed by atoms with Crippen LogP contribution in [-0.2, 0) is 11.3 Å². The Hall–Kier alpha value is -3.85. The number of carbonyl (C=O) groups is 1. The van der Waals surface area contributed by atoms with E-state index in [1.807, 2.05) is 103 Å². The molecule has 0 atom stereocenters. The first-order valence-corrected chi connectivity index (χ1v) is 9.43.